The van der Waals surface area contributed by atoms with Crippen LogP contribution in [0.2, 0.25) is 19.6 Å². The number of aryl methyl sites for hydroxylation is 1. The molecule has 0 saturated heterocycles. The summed E-state index contributed by atoms with van der Waals surface area (Å²) in [5.41, 5.74) is 3.92. The van der Waals surface area contributed by atoms with E-state index in [0.29, 0.717) is 5.41 Å². The molecule has 0 bridgehead atoms. The maximum absolute atomic E-state index is 6.23. The van der Waals surface area contributed by atoms with Gasteiger partial charge in [-0.2, -0.15) is 0 Å². The monoisotopic (exact) mass is 328 g/mol. The van der Waals surface area contributed by atoms with Crippen molar-refractivity contribution in [2.45, 2.75) is 77.4 Å². The van der Waals surface area contributed by atoms with Crippen LogP contribution in [0.1, 0.15) is 62.5 Å². The van der Waals surface area contributed by atoms with Crippen LogP contribution in [0, 0.1) is 17.3 Å². The molecule has 1 aromatic rings. The van der Waals surface area contributed by atoms with E-state index in [4.69, 9.17) is 4.43 Å². The highest BCUT2D eigenvalue weighted by Crippen LogP contribution is 2.60. The normalized spacial score (nSPS) is 36.1. The van der Waals surface area contributed by atoms with Gasteiger partial charge in [-0.1, -0.05) is 19.4 Å². The van der Waals surface area contributed by atoms with E-state index in [-0.39, 0.29) is 0 Å². The molecule has 0 spiro atoms. The topological polar surface area (TPSA) is 9.23 Å². The van der Waals surface area contributed by atoms with Gasteiger partial charge in [0.1, 0.15) is 5.75 Å². The van der Waals surface area contributed by atoms with Gasteiger partial charge in [-0.15, -0.1) is 0 Å². The van der Waals surface area contributed by atoms with Crippen molar-refractivity contribution in [1.82, 2.24) is 0 Å². The molecule has 0 amide bonds. The van der Waals surface area contributed by atoms with Gasteiger partial charge in [0.2, 0.25) is 8.32 Å². The second-order valence-corrected chi connectivity index (χ2v) is 14.0. The molecular formula is C21H32OSi. The highest BCUT2D eigenvalue weighted by Gasteiger charge is 2.50. The van der Waals surface area contributed by atoms with Crippen LogP contribution >= 0.6 is 0 Å². The highest BCUT2D eigenvalue weighted by atomic mass is 28.4. The van der Waals surface area contributed by atoms with Crippen molar-refractivity contribution in [2.75, 3.05) is 0 Å². The fourth-order valence-electron chi connectivity index (χ4n) is 5.97. The Bertz CT molecular complexity index is 602. The minimum atomic E-state index is -1.51. The number of rotatable bonds is 2. The van der Waals surface area contributed by atoms with Crippen LogP contribution in [0.3, 0.4) is 0 Å². The van der Waals surface area contributed by atoms with Crippen molar-refractivity contribution < 1.29 is 4.43 Å². The lowest BCUT2D eigenvalue weighted by molar-refractivity contribution is 0.0598. The Balaban J connectivity index is 1.61. The van der Waals surface area contributed by atoms with E-state index in [1.165, 1.54) is 44.9 Å². The molecule has 2 fully saturated rings. The predicted octanol–water partition coefficient (Wildman–Crippen LogP) is 6.15. The first-order valence-corrected chi connectivity index (χ1v) is 13.1. The first-order valence-electron chi connectivity index (χ1n) is 9.68. The Morgan fingerprint density at radius 1 is 1.09 bits per heavy atom. The molecule has 23 heavy (non-hydrogen) atoms. The second kappa shape index (κ2) is 5.37. The standard InChI is InChI=1S/C21H32OSi/c1-21-12-5-6-20(21)19-9-7-15-14-16(22-23(2,3)4)8-10-17(15)18(19)11-13-21/h8,10,14,18-20H,5-7,9,11-13H2,1-4H3. The summed E-state index contributed by atoms with van der Waals surface area (Å²) in [5.74, 6) is 3.89. The van der Waals surface area contributed by atoms with Crippen LogP contribution in [0.5, 0.6) is 5.75 Å². The van der Waals surface area contributed by atoms with Gasteiger partial charge in [-0.25, -0.2) is 0 Å². The number of fused-ring (bicyclic) bond motifs is 5. The summed E-state index contributed by atoms with van der Waals surface area (Å²) in [7, 11) is -1.51. The molecule has 126 valence electrons. The average Bonchev–Trinajstić information content (AvgIpc) is 2.86. The fourth-order valence-corrected chi connectivity index (χ4v) is 6.80. The molecule has 4 atom stereocenters. The molecule has 0 aromatic heterocycles. The average molecular weight is 329 g/mol. The van der Waals surface area contributed by atoms with Gasteiger partial charge >= 0.3 is 0 Å². The SMILES string of the molecule is CC12CCCC1C1CCc3cc(O[Si](C)(C)C)ccc3C1CC2. The number of benzene rings is 1. The Labute approximate surface area is 143 Å². The Kier molecular flexibility index (Phi) is 3.68. The second-order valence-electron chi connectivity index (χ2n) is 9.58. The molecule has 3 aliphatic rings. The Hall–Kier alpha value is -0.763. The van der Waals surface area contributed by atoms with E-state index < -0.39 is 8.32 Å². The van der Waals surface area contributed by atoms with Crippen LogP contribution in [0.15, 0.2) is 18.2 Å². The molecule has 1 aromatic carbocycles. The summed E-state index contributed by atoms with van der Waals surface area (Å²) in [5, 5.41) is 0. The maximum atomic E-state index is 6.23. The first kappa shape index (κ1) is 15.7. The van der Waals surface area contributed by atoms with Crippen LogP contribution in [0.25, 0.3) is 0 Å². The van der Waals surface area contributed by atoms with Crippen LogP contribution < -0.4 is 4.43 Å². The smallest absolute Gasteiger partial charge is 0.242 e. The van der Waals surface area contributed by atoms with Gasteiger partial charge in [0, 0.05) is 0 Å². The van der Waals surface area contributed by atoms with Crippen LogP contribution in [-0.4, -0.2) is 8.32 Å². The lowest BCUT2D eigenvalue weighted by Gasteiger charge is -2.49. The molecule has 0 radical (unpaired) electrons. The molecule has 0 aliphatic heterocycles. The zero-order valence-corrected chi connectivity index (χ0v) is 16.3. The summed E-state index contributed by atoms with van der Waals surface area (Å²) in [4.78, 5) is 0. The Morgan fingerprint density at radius 2 is 1.91 bits per heavy atom. The fraction of sp³-hybridized carbons (Fsp3) is 0.714. The third kappa shape index (κ3) is 2.77. The van der Waals surface area contributed by atoms with Gasteiger partial charge in [-0.3, -0.25) is 0 Å². The molecule has 3 aliphatic carbocycles. The van der Waals surface area contributed by atoms with E-state index in [1.807, 2.05) is 0 Å². The number of hydrogen-bond donors (Lipinski definition) is 0. The molecule has 4 rings (SSSR count). The van der Waals surface area contributed by atoms with Crippen LogP contribution in [-0.2, 0) is 6.42 Å². The summed E-state index contributed by atoms with van der Waals surface area (Å²) in [6, 6.07) is 7.04. The summed E-state index contributed by atoms with van der Waals surface area (Å²) in [6.07, 6.45) is 9.99. The van der Waals surface area contributed by atoms with Gasteiger partial charge in [0.05, 0.1) is 0 Å². The van der Waals surface area contributed by atoms with Crippen molar-refractivity contribution in [3.8, 4) is 5.75 Å². The summed E-state index contributed by atoms with van der Waals surface area (Å²) < 4.78 is 6.23. The molecular weight excluding hydrogens is 296 g/mol. The third-order valence-corrected chi connectivity index (χ3v) is 7.75. The van der Waals surface area contributed by atoms with Crippen molar-refractivity contribution in [3.05, 3.63) is 29.3 Å². The van der Waals surface area contributed by atoms with Crippen molar-refractivity contribution in [2.24, 2.45) is 17.3 Å². The lowest BCUT2D eigenvalue weighted by atomic mass is 9.56. The third-order valence-electron chi connectivity index (χ3n) is 6.90. The molecule has 2 heteroatoms. The Morgan fingerprint density at radius 3 is 2.70 bits per heavy atom. The van der Waals surface area contributed by atoms with Crippen molar-refractivity contribution >= 4 is 8.32 Å². The molecule has 0 N–H and O–H groups in total. The minimum absolute atomic E-state index is 0.666. The quantitative estimate of drug-likeness (QED) is 0.592. The van der Waals surface area contributed by atoms with Crippen molar-refractivity contribution in [3.63, 3.8) is 0 Å². The van der Waals surface area contributed by atoms with Gasteiger partial charge in [0.25, 0.3) is 0 Å². The lowest BCUT2D eigenvalue weighted by Crippen LogP contribution is -2.39. The van der Waals surface area contributed by atoms with E-state index >= 15 is 0 Å². The van der Waals surface area contributed by atoms with Crippen LogP contribution in [0.4, 0.5) is 0 Å². The maximum Gasteiger partial charge on any atom is 0.242 e. The highest BCUT2D eigenvalue weighted by molar-refractivity contribution is 6.70. The summed E-state index contributed by atoms with van der Waals surface area (Å²) >= 11 is 0. The molecule has 4 unspecified atom stereocenters. The molecule has 0 heterocycles. The zero-order chi connectivity index (χ0) is 16.2. The zero-order valence-electron chi connectivity index (χ0n) is 15.3. The molecule has 2 saturated carbocycles. The van der Waals surface area contributed by atoms with Crippen molar-refractivity contribution in [1.29, 1.82) is 0 Å². The first-order chi connectivity index (χ1) is 10.9. The van der Waals surface area contributed by atoms with Gasteiger partial charge in [0.15, 0.2) is 0 Å². The van der Waals surface area contributed by atoms with E-state index in [0.717, 1.165) is 23.5 Å². The minimum Gasteiger partial charge on any atom is -0.544 e. The predicted molar refractivity (Wildman–Crippen MR) is 99.7 cm³/mol. The number of hydrogen-bond acceptors (Lipinski definition) is 1. The molecule has 1 nitrogen and oxygen atoms in total. The van der Waals surface area contributed by atoms with E-state index in [9.17, 15) is 0 Å². The van der Waals surface area contributed by atoms with E-state index in [2.05, 4.69) is 44.8 Å². The van der Waals surface area contributed by atoms with Gasteiger partial charge < -0.3 is 4.43 Å². The van der Waals surface area contributed by atoms with E-state index in [1.54, 1.807) is 11.1 Å². The largest absolute Gasteiger partial charge is 0.544 e. The summed E-state index contributed by atoms with van der Waals surface area (Å²) in [6.45, 7) is 9.39. The van der Waals surface area contributed by atoms with Gasteiger partial charge in [-0.05, 0) is 105 Å².